The van der Waals surface area contributed by atoms with Crippen molar-refractivity contribution >= 4 is 5.97 Å². The summed E-state index contributed by atoms with van der Waals surface area (Å²) in [6.07, 6.45) is 3.43. The van der Waals surface area contributed by atoms with Crippen LogP contribution in [-0.4, -0.2) is 35.6 Å². The molecule has 3 nitrogen and oxygen atoms in total. The van der Waals surface area contributed by atoms with E-state index in [4.69, 9.17) is 4.74 Å². The minimum absolute atomic E-state index is 0.205. The maximum atomic E-state index is 13.1. The van der Waals surface area contributed by atoms with E-state index in [1.165, 1.54) is 37.5 Å². The first-order valence-electron chi connectivity index (χ1n) is 7.69. The average molecular weight is 293 g/mol. The average Bonchev–Trinajstić information content (AvgIpc) is 2.43. The number of ether oxygens (including phenoxy) is 1. The molecule has 1 aliphatic rings. The Labute approximate surface area is 126 Å². The number of esters is 1. The molecule has 3 atom stereocenters. The summed E-state index contributed by atoms with van der Waals surface area (Å²) in [7, 11) is 0. The van der Waals surface area contributed by atoms with Crippen molar-refractivity contribution in [2.24, 2.45) is 0 Å². The van der Waals surface area contributed by atoms with Gasteiger partial charge in [-0.05, 0) is 51.8 Å². The van der Waals surface area contributed by atoms with Crippen LogP contribution >= 0.6 is 0 Å². The normalized spacial score (nSPS) is 24.6. The van der Waals surface area contributed by atoms with Gasteiger partial charge in [0.2, 0.25) is 0 Å². The lowest BCUT2D eigenvalue weighted by Crippen LogP contribution is -2.47. The smallest absolute Gasteiger partial charge is 0.338 e. The third-order valence-corrected chi connectivity index (χ3v) is 4.21. The number of piperidine rings is 1. The Morgan fingerprint density at radius 2 is 2.05 bits per heavy atom. The highest BCUT2D eigenvalue weighted by atomic mass is 19.1. The fourth-order valence-corrected chi connectivity index (χ4v) is 3.04. The van der Waals surface area contributed by atoms with Crippen molar-refractivity contribution in [3.8, 4) is 0 Å². The molecule has 1 heterocycles. The van der Waals surface area contributed by atoms with Gasteiger partial charge in [0.05, 0.1) is 5.56 Å². The molecule has 0 radical (unpaired) electrons. The first kappa shape index (κ1) is 16.0. The second-order valence-electron chi connectivity index (χ2n) is 6.05. The SMILES string of the molecule is C[C@@H]1CCC[C@H](C)N1C[C@H](C)OC(=O)c1cccc(F)c1. The van der Waals surface area contributed by atoms with Gasteiger partial charge in [-0.2, -0.15) is 0 Å². The monoisotopic (exact) mass is 293 g/mol. The fourth-order valence-electron chi connectivity index (χ4n) is 3.04. The predicted octanol–water partition coefficient (Wildman–Crippen LogP) is 3.63. The van der Waals surface area contributed by atoms with Crippen LogP contribution in [0.3, 0.4) is 0 Å². The molecule has 1 aromatic rings. The van der Waals surface area contributed by atoms with Crippen LogP contribution in [0, 0.1) is 5.82 Å². The number of rotatable bonds is 4. The van der Waals surface area contributed by atoms with Crippen LogP contribution in [0.15, 0.2) is 24.3 Å². The quantitative estimate of drug-likeness (QED) is 0.794. The molecule has 0 aromatic heterocycles. The zero-order valence-electron chi connectivity index (χ0n) is 13.0. The fraction of sp³-hybridized carbons (Fsp3) is 0.588. The largest absolute Gasteiger partial charge is 0.458 e. The van der Waals surface area contributed by atoms with Crippen molar-refractivity contribution < 1.29 is 13.9 Å². The van der Waals surface area contributed by atoms with Gasteiger partial charge in [-0.1, -0.05) is 12.5 Å². The number of benzene rings is 1. The maximum absolute atomic E-state index is 13.1. The first-order chi connectivity index (χ1) is 9.97. The number of halogens is 1. The lowest BCUT2D eigenvalue weighted by molar-refractivity contribution is 0.00808. The second kappa shape index (κ2) is 7.03. The van der Waals surface area contributed by atoms with Gasteiger partial charge in [-0.15, -0.1) is 0 Å². The number of hydrogen-bond acceptors (Lipinski definition) is 3. The zero-order chi connectivity index (χ0) is 15.4. The lowest BCUT2D eigenvalue weighted by atomic mass is 9.97. The van der Waals surface area contributed by atoms with Crippen LogP contribution in [-0.2, 0) is 4.74 Å². The van der Waals surface area contributed by atoms with E-state index in [2.05, 4.69) is 18.7 Å². The van der Waals surface area contributed by atoms with Crippen LogP contribution in [0.2, 0.25) is 0 Å². The molecule has 0 amide bonds. The molecular weight excluding hydrogens is 269 g/mol. The maximum Gasteiger partial charge on any atom is 0.338 e. The van der Waals surface area contributed by atoms with Crippen LogP contribution < -0.4 is 0 Å². The number of carbonyl (C=O) groups excluding carboxylic acids is 1. The van der Waals surface area contributed by atoms with E-state index in [0.717, 1.165) is 6.54 Å². The highest BCUT2D eigenvalue weighted by Gasteiger charge is 2.27. The van der Waals surface area contributed by atoms with Crippen molar-refractivity contribution in [2.45, 2.75) is 58.2 Å². The summed E-state index contributed by atoms with van der Waals surface area (Å²) in [5.41, 5.74) is 0.265. The van der Waals surface area contributed by atoms with Crippen molar-refractivity contribution in [1.29, 1.82) is 0 Å². The molecule has 0 spiro atoms. The van der Waals surface area contributed by atoms with Gasteiger partial charge >= 0.3 is 5.97 Å². The Hall–Kier alpha value is -1.42. The molecule has 1 aliphatic heterocycles. The van der Waals surface area contributed by atoms with Crippen molar-refractivity contribution in [3.63, 3.8) is 0 Å². The Kier molecular flexibility index (Phi) is 5.34. The molecule has 4 heteroatoms. The topological polar surface area (TPSA) is 29.5 Å². The number of hydrogen-bond donors (Lipinski definition) is 0. The van der Waals surface area contributed by atoms with Gasteiger partial charge in [0.1, 0.15) is 11.9 Å². The molecule has 0 aliphatic carbocycles. The van der Waals surface area contributed by atoms with E-state index < -0.39 is 11.8 Å². The molecule has 0 bridgehead atoms. The predicted molar refractivity (Wildman–Crippen MR) is 80.8 cm³/mol. The Morgan fingerprint density at radius 3 is 2.67 bits per heavy atom. The summed E-state index contributed by atoms with van der Waals surface area (Å²) in [6.45, 7) is 7.06. The lowest BCUT2D eigenvalue weighted by Gasteiger charge is -2.40. The van der Waals surface area contributed by atoms with Crippen molar-refractivity contribution in [2.75, 3.05) is 6.54 Å². The first-order valence-corrected chi connectivity index (χ1v) is 7.69. The van der Waals surface area contributed by atoms with Crippen LogP contribution in [0.5, 0.6) is 0 Å². The summed E-state index contributed by atoms with van der Waals surface area (Å²) >= 11 is 0. The molecule has 0 unspecified atom stereocenters. The third-order valence-electron chi connectivity index (χ3n) is 4.21. The van der Waals surface area contributed by atoms with E-state index in [-0.39, 0.29) is 11.7 Å². The molecule has 2 rings (SSSR count). The van der Waals surface area contributed by atoms with Gasteiger partial charge < -0.3 is 4.74 Å². The summed E-state index contributed by atoms with van der Waals surface area (Å²) in [6, 6.07) is 6.65. The molecule has 1 saturated heterocycles. The molecule has 21 heavy (non-hydrogen) atoms. The second-order valence-corrected chi connectivity index (χ2v) is 6.05. The molecule has 0 saturated carbocycles. The molecule has 116 valence electrons. The van der Waals surface area contributed by atoms with Crippen LogP contribution in [0.4, 0.5) is 4.39 Å². The molecular formula is C17H24FNO2. The summed E-state index contributed by atoms with van der Waals surface area (Å²) < 4.78 is 18.6. The van der Waals surface area contributed by atoms with E-state index >= 15 is 0 Å². The Balaban J connectivity index is 1.92. The van der Waals surface area contributed by atoms with Crippen LogP contribution in [0.25, 0.3) is 0 Å². The van der Waals surface area contributed by atoms with E-state index in [9.17, 15) is 9.18 Å². The third kappa shape index (κ3) is 4.27. The van der Waals surface area contributed by atoms with E-state index in [1.54, 1.807) is 6.07 Å². The van der Waals surface area contributed by atoms with Gasteiger partial charge in [0.15, 0.2) is 0 Å². The summed E-state index contributed by atoms with van der Waals surface area (Å²) in [5.74, 6) is -0.880. The number of likely N-dealkylation sites (tertiary alicyclic amines) is 1. The van der Waals surface area contributed by atoms with Gasteiger partial charge in [-0.3, -0.25) is 4.90 Å². The van der Waals surface area contributed by atoms with Crippen molar-refractivity contribution in [1.82, 2.24) is 4.90 Å². The van der Waals surface area contributed by atoms with Gasteiger partial charge in [0.25, 0.3) is 0 Å². The van der Waals surface area contributed by atoms with Gasteiger partial charge in [0, 0.05) is 18.6 Å². The Bertz CT molecular complexity index is 481. The minimum atomic E-state index is -0.459. The summed E-state index contributed by atoms with van der Waals surface area (Å²) in [5, 5.41) is 0. The van der Waals surface area contributed by atoms with Crippen LogP contribution in [0.1, 0.15) is 50.4 Å². The minimum Gasteiger partial charge on any atom is -0.458 e. The number of carbonyl (C=O) groups is 1. The van der Waals surface area contributed by atoms with E-state index in [0.29, 0.717) is 12.1 Å². The summed E-state index contributed by atoms with van der Waals surface area (Å²) in [4.78, 5) is 14.4. The highest BCUT2D eigenvalue weighted by molar-refractivity contribution is 5.89. The standard InChI is InChI=1S/C17H24FNO2/c1-12-6-4-7-13(2)19(12)11-14(3)21-17(20)15-8-5-9-16(18)10-15/h5,8-10,12-14H,4,6-7,11H2,1-3H3/t12-,13+,14-/m0/s1. The van der Waals surface area contributed by atoms with E-state index in [1.807, 2.05) is 6.92 Å². The molecule has 1 fully saturated rings. The molecule has 0 N–H and O–H groups in total. The van der Waals surface area contributed by atoms with Gasteiger partial charge in [-0.25, -0.2) is 9.18 Å². The highest BCUT2D eigenvalue weighted by Crippen LogP contribution is 2.23. The molecule has 1 aromatic carbocycles. The number of nitrogens with zero attached hydrogens (tertiary/aromatic N) is 1. The zero-order valence-corrected chi connectivity index (χ0v) is 13.0. The van der Waals surface area contributed by atoms with Crippen molar-refractivity contribution in [3.05, 3.63) is 35.6 Å². The Morgan fingerprint density at radius 1 is 1.38 bits per heavy atom.